The molecule has 0 aliphatic heterocycles. The molecular formula is C13H18N2O3S. The number of hydrogen-bond donors (Lipinski definition) is 3. The fourth-order valence-corrected chi connectivity index (χ4v) is 1.97. The number of phenols is 1. The lowest BCUT2D eigenvalue weighted by Crippen LogP contribution is -2.41. The second-order valence-electron chi connectivity index (χ2n) is 4.44. The number of aromatic hydroxyl groups is 1. The van der Waals surface area contributed by atoms with Gasteiger partial charge in [-0.1, -0.05) is 19.9 Å². The molecule has 19 heavy (non-hydrogen) atoms. The Kier molecular flexibility index (Phi) is 6.21. The van der Waals surface area contributed by atoms with E-state index in [1.807, 2.05) is 13.8 Å². The summed E-state index contributed by atoms with van der Waals surface area (Å²) in [6, 6.07) is 6.14. The lowest BCUT2D eigenvalue weighted by molar-refractivity contribution is -0.117. The molecule has 104 valence electrons. The van der Waals surface area contributed by atoms with E-state index < -0.39 is 6.03 Å². The molecule has 1 rings (SSSR count). The molecule has 0 aromatic heterocycles. The molecule has 0 saturated heterocycles. The monoisotopic (exact) mass is 282 g/mol. The predicted octanol–water partition coefficient (Wildman–Crippen LogP) is 1.97. The van der Waals surface area contributed by atoms with E-state index in [0.717, 1.165) is 4.90 Å². The minimum absolute atomic E-state index is 0.124. The Morgan fingerprint density at radius 2 is 2.11 bits per heavy atom. The van der Waals surface area contributed by atoms with Crippen LogP contribution in [0.15, 0.2) is 29.2 Å². The van der Waals surface area contributed by atoms with Crippen LogP contribution in [0.3, 0.4) is 0 Å². The number of carbonyl (C=O) groups excluding carboxylic acids is 2. The minimum atomic E-state index is -0.477. The summed E-state index contributed by atoms with van der Waals surface area (Å²) in [6.45, 7) is 4.47. The third-order valence-electron chi connectivity index (χ3n) is 2.11. The summed E-state index contributed by atoms with van der Waals surface area (Å²) in [5, 5.41) is 14.1. The summed E-state index contributed by atoms with van der Waals surface area (Å²) >= 11 is 1.26. The third kappa shape index (κ3) is 6.71. The SMILES string of the molecule is CC(C)CNC(=O)NC(=O)CSc1cccc(O)c1. The standard InChI is InChI=1S/C13H18N2O3S/c1-9(2)7-14-13(18)15-12(17)8-19-11-5-3-4-10(16)6-11/h3-6,9,16H,7-8H2,1-2H3,(H2,14,15,17,18). The number of nitrogens with one attached hydrogen (secondary N) is 2. The van der Waals surface area contributed by atoms with Gasteiger partial charge in [0, 0.05) is 11.4 Å². The molecule has 1 aromatic rings. The van der Waals surface area contributed by atoms with Crippen LogP contribution in [-0.2, 0) is 4.79 Å². The van der Waals surface area contributed by atoms with Crippen LogP contribution >= 0.6 is 11.8 Å². The fraction of sp³-hybridized carbons (Fsp3) is 0.385. The summed E-state index contributed by atoms with van der Waals surface area (Å²) in [7, 11) is 0. The van der Waals surface area contributed by atoms with Gasteiger partial charge in [-0.15, -0.1) is 11.8 Å². The zero-order valence-corrected chi connectivity index (χ0v) is 11.8. The molecule has 0 bridgehead atoms. The molecule has 3 amide bonds. The van der Waals surface area contributed by atoms with Gasteiger partial charge in [0.25, 0.3) is 0 Å². The molecule has 0 radical (unpaired) electrons. The van der Waals surface area contributed by atoms with E-state index in [0.29, 0.717) is 12.5 Å². The summed E-state index contributed by atoms with van der Waals surface area (Å²) in [5.41, 5.74) is 0. The average molecular weight is 282 g/mol. The van der Waals surface area contributed by atoms with Gasteiger partial charge in [0.15, 0.2) is 0 Å². The van der Waals surface area contributed by atoms with Gasteiger partial charge >= 0.3 is 6.03 Å². The van der Waals surface area contributed by atoms with Crippen molar-refractivity contribution < 1.29 is 14.7 Å². The van der Waals surface area contributed by atoms with Crippen LogP contribution in [-0.4, -0.2) is 29.3 Å². The highest BCUT2D eigenvalue weighted by atomic mass is 32.2. The first-order valence-corrected chi connectivity index (χ1v) is 6.95. The molecular weight excluding hydrogens is 264 g/mol. The first-order chi connectivity index (χ1) is 8.97. The second-order valence-corrected chi connectivity index (χ2v) is 5.49. The summed E-state index contributed by atoms with van der Waals surface area (Å²) in [5.74, 6) is 0.246. The second kappa shape index (κ2) is 7.68. The smallest absolute Gasteiger partial charge is 0.321 e. The highest BCUT2D eigenvalue weighted by Crippen LogP contribution is 2.21. The first kappa shape index (κ1) is 15.4. The van der Waals surface area contributed by atoms with Crippen molar-refractivity contribution in [1.29, 1.82) is 0 Å². The lowest BCUT2D eigenvalue weighted by Gasteiger charge is -2.08. The zero-order chi connectivity index (χ0) is 14.3. The first-order valence-electron chi connectivity index (χ1n) is 5.97. The zero-order valence-electron chi connectivity index (χ0n) is 11.0. The molecule has 0 heterocycles. The Morgan fingerprint density at radius 3 is 2.74 bits per heavy atom. The topological polar surface area (TPSA) is 78.4 Å². The van der Waals surface area contributed by atoms with Crippen LogP contribution in [0.2, 0.25) is 0 Å². The summed E-state index contributed by atoms with van der Waals surface area (Å²) < 4.78 is 0. The predicted molar refractivity (Wildman–Crippen MR) is 75.2 cm³/mol. The van der Waals surface area contributed by atoms with Crippen LogP contribution in [0.1, 0.15) is 13.8 Å². The van der Waals surface area contributed by atoms with Gasteiger partial charge in [-0.2, -0.15) is 0 Å². The van der Waals surface area contributed by atoms with Gasteiger partial charge in [0.05, 0.1) is 5.75 Å². The van der Waals surface area contributed by atoms with Gasteiger partial charge in [-0.3, -0.25) is 10.1 Å². The number of thioether (sulfide) groups is 1. The van der Waals surface area contributed by atoms with E-state index in [2.05, 4.69) is 10.6 Å². The Hall–Kier alpha value is -1.69. The molecule has 5 nitrogen and oxygen atoms in total. The highest BCUT2D eigenvalue weighted by molar-refractivity contribution is 8.00. The van der Waals surface area contributed by atoms with Gasteiger partial charge in [0.2, 0.25) is 5.91 Å². The van der Waals surface area contributed by atoms with Gasteiger partial charge in [-0.25, -0.2) is 4.79 Å². The molecule has 0 fully saturated rings. The van der Waals surface area contributed by atoms with Crippen molar-refractivity contribution in [3.8, 4) is 5.75 Å². The number of amides is 3. The summed E-state index contributed by atoms with van der Waals surface area (Å²) in [6.07, 6.45) is 0. The van der Waals surface area contributed by atoms with Crippen LogP contribution < -0.4 is 10.6 Å². The number of phenolic OH excluding ortho intramolecular Hbond substituents is 1. The van der Waals surface area contributed by atoms with Crippen molar-refractivity contribution in [1.82, 2.24) is 10.6 Å². The van der Waals surface area contributed by atoms with Gasteiger partial charge < -0.3 is 10.4 Å². The van der Waals surface area contributed by atoms with Crippen molar-refractivity contribution in [2.45, 2.75) is 18.7 Å². The molecule has 0 saturated carbocycles. The summed E-state index contributed by atoms with van der Waals surface area (Å²) in [4.78, 5) is 23.6. The van der Waals surface area contributed by atoms with E-state index >= 15 is 0 Å². The average Bonchev–Trinajstić information content (AvgIpc) is 2.34. The number of benzene rings is 1. The lowest BCUT2D eigenvalue weighted by atomic mass is 10.2. The van der Waals surface area contributed by atoms with Crippen LogP contribution in [0.25, 0.3) is 0 Å². The molecule has 0 aliphatic carbocycles. The van der Waals surface area contributed by atoms with Crippen LogP contribution in [0.5, 0.6) is 5.75 Å². The molecule has 3 N–H and O–H groups in total. The highest BCUT2D eigenvalue weighted by Gasteiger charge is 2.08. The largest absolute Gasteiger partial charge is 0.508 e. The van der Waals surface area contributed by atoms with E-state index in [4.69, 9.17) is 0 Å². The van der Waals surface area contributed by atoms with E-state index in [1.165, 1.54) is 11.8 Å². The van der Waals surface area contributed by atoms with Crippen molar-refractivity contribution in [3.05, 3.63) is 24.3 Å². The Balaban J connectivity index is 2.30. The number of urea groups is 1. The van der Waals surface area contributed by atoms with Gasteiger partial charge in [0.1, 0.15) is 5.75 Å². The molecule has 0 atom stereocenters. The number of carbonyl (C=O) groups is 2. The van der Waals surface area contributed by atoms with Crippen molar-refractivity contribution in [3.63, 3.8) is 0 Å². The molecule has 0 aliphatic rings. The van der Waals surface area contributed by atoms with E-state index in [1.54, 1.807) is 24.3 Å². The van der Waals surface area contributed by atoms with E-state index in [-0.39, 0.29) is 17.4 Å². The van der Waals surface area contributed by atoms with Gasteiger partial charge in [-0.05, 0) is 24.1 Å². The Morgan fingerprint density at radius 1 is 1.37 bits per heavy atom. The molecule has 1 aromatic carbocycles. The number of rotatable bonds is 5. The maximum atomic E-state index is 11.5. The third-order valence-corrected chi connectivity index (χ3v) is 3.11. The number of imide groups is 1. The quantitative estimate of drug-likeness (QED) is 0.721. The fourth-order valence-electron chi connectivity index (χ4n) is 1.23. The molecule has 0 spiro atoms. The van der Waals surface area contributed by atoms with E-state index in [9.17, 15) is 14.7 Å². The molecule has 0 unspecified atom stereocenters. The maximum absolute atomic E-state index is 11.5. The Labute approximate surface area is 116 Å². The van der Waals surface area contributed by atoms with Crippen LogP contribution in [0.4, 0.5) is 4.79 Å². The van der Waals surface area contributed by atoms with Crippen LogP contribution in [0, 0.1) is 5.92 Å². The Bertz CT molecular complexity index is 449. The normalized spacial score (nSPS) is 10.3. The number of hydrogen-bond acceptors (Lipinski definition) is 4. The molecule has 6 heteroatoms. The van der Waals surface area contributed by atoms with Crippen molar-refractivity contribution in [2.24, 2.45) is 5.92 Å². The maximum Gasteiger partial charge on any atom is 0.321 e. The van der Waals surface area contributed by atoms with Crippen molar-refractivity contribution in [2.75, 3.05) is 12.3 Å². The van der Waals surface area contributed by atoms with Crippen molar-refractivity contribution >= 4 is 23.7 Å². The minimum Gasteiger partial charge on any atom is -0.508 e.